The molecule has 0 fully saturated rings. The van der Waals surface area contributed by atoms with Crippen LogP contribution in [0.3, 0.4) is 0 Å². The molecule has 0 unspecified atom stereocenters. The van der Waals surface area contributed by atoms with E-state index in [1.54, 1.807) is 19.1 Å². The summed E-state index contributed by atoms with van der Waals surface area (Å²) in [7, 11) is 0. The molecule has 12 heteroatoms. The Hall–Kier alpha value is -3.86. The van der Waals surface area contributed by atoms with Crippen LogP contribution in [0.5, 0.6) is 0 Å². The summed E-state index contributed by atoms with van der Waals surface area (Å²) in [6.07, 6.45) is -1.40. The van der Waals surface area contributed by atoms with Crippen LogP contribution < -0.4 is 5.32 Å². The van der Waals surface area contributed by atoms with Gasteiger partial charge >= 0.3 is 0 Å². The number of hydrogen-bond donors (Lipinski definition) is 1. The van der Waals surface area contributed by atoms with Crippen LogP contribution in [-0.4, -0.2) is 25.6 Å². The molecule has 0 aliphatic carbocycles. The maximum Gasteiger partial charge on any atom is 0.271 e. The van der Waals surface area contributed by atoms with E-state index in [1.165, 1.54) is 29.1 Å². The lowest BCUT2D eigenvalue weighted by Gasteiger charge is -2.09. The largest absolute Gasteiger partial charge is 0.463 e. The van der Waals surface area contributed by atoms with Gasteiger partial charge in [0.15, 0.2) is 11.4 Å². The average molecular weight is 462 g/mol. The second-order valence-corrected chi connectivity index (χ2v) is 7.19. The van der Waals surface area contributed by atoms with E-state index >= 15 is 0 Å². The standard InChI is InChI=1S/C20H14ClF2N5O4/c1-10-18-12(19(22)23)8-15(16-3-2-6-32-16)25-20(18)27(26-10)9-17(29)24-14-5-4-11(28(30)31)7-13(14)21/h2-8,19H,9H2,1H3,(H,24,29). The molecule has 0 spiro atoms. The molecule has 0 saturated carbocycles. The summed E-state index contributed by atoms with van der Waals surface area (Å²) in [5.41, 5.74) is 0.220. The topological polar surface area (TPSA) is 116 Å². The van der Waals surface area contributed by atoms with E-state index in [0.29, 0.717) is 5.76 Å². The summed E-state index contributed by atoms with van der Waals surface area (Å²) >= 11 is 6.01. The summed E-state index contributed by atoms with van der Waals surface area (Å²) < 4.78 is 34.0. The third kappa shape index (κ3) is 4.02. The average Bonchev–Trinajstić information content (AvgIpc) is 3.37. The van der Waals surface area contributed by atoms with Gasteiger partial charge in [-0.1, -0.05) is 11.6 Å². The van der Waals surface area contributed by atoms with E-state index in [1.807, 2.05) is 0 Å². The minimum atomic E-state index is -2.79. The molecule has 0 atom stereocenters. The number of nitro groups is 1. The van der Waals surface area contributed by atoms with Crippen molar-refractivity contribution < 1.29 is 22.9 Å². The van der Waals surface area contributed by atoms with Gasteiger partial charge in [-0.05, 0) is 31.2 Å². The van der Waals surface area contributed by atoms with Crippen molar-refractivity contribution in [1.29, 1.82) is 0 Å². The molecule has 0 bridgehead atoms. The van der Waals surface area contributed by atoms with E-state index in [2.05, 4.69) is 15.4 Å². The molecule has 1 aromatic carbocycles. The molecule has 1 N–H and O–H groups in total. The number of fused-ring (bicyclic) bond motifs is 1. The fourth-order valence-corrected chi connectivity index (χ4v) is 3.49. The zero-order valence-corrected chi connectivity index (χ0v) is 17.1. The van der Waals surface area contributed by atoms with Crippen molar-refractivity contribution >= 4 is 39.9 Å². The predicted octanol–water partition coefficient (Wildman–Crippen LogP) is 5.14. The van der Waals surface area contributed by atoms with Crippen LogP contribution in [-0.2, 0) is 11.3 Å². The summed E-state index contributed by atoms with van der Waals surface area (Å²) in [4.78, 5) is 27.2. The summed E-state index contributed by atoms with van der Waals surface area (Å²) in [6, 6.07) is 8.03. The number of hydrogen-bond acceptors (Lipinski definition) is 6. The molecule has 1 amide bonds. The van der Waals surface area contributed by atoms with E-state index < -0.39 is 17.3 Å². The molecular formula is C20H14ClF2N5O4. The number of nitrogens with zero attached hydrogens (tertiary/aromatic N) is 4. The third-order valence-corrected chi connectivity index (χ3v) is 4.96. The highest BCUT2D eigenvalue weighted by atomic mass is 35.5. The number of benzene rings is 1. The second kappa shape index (κ2) is 8.35. The molecule has 3 heterocycles. The first-order chi connectivity index (χ1) is 15.2. The molecule has 0 radical (unpaired) electrons. The number of amides is 1. The zero-order chi connectivity index (χ0) is 23.0. The van der Waals surface area contributed by atoms with Crippen LogP contribution in [0.2, 0.25) is 5.02 Å². The maximum absolute atomic E-state index is 13.8. The van der Waals surface area contributed by atoms with Crippen LogP contribution in [0, 0.1) is 17.0 Å². The van der Waals surface area contributed by atoms with E-state index in [9.17, 15) is 23.7 Å². The molecule has 0 aliphatic rings. The van der Waals surface area contributed by atoms with Gasteiger partial charge in [-0.15, -0.1) is 0 Å². The van der Waals surface area contributed by atoms with Gasteiger partial charge in [0, 0.05) is 17.7 Å². The number of aromatic nitrogens is 3. The number of aryl methyl sites for hydroxylation is 1. The van der Waals surface area contributed by atoms with Crippen LogP contribution in [0.1, 0.15) is 17.7 Å². The highest BCUT2D eigenvalue weighted by molar-refractivity contribution is 6.33. The number of non-ortho nitro benzene ring substituents is 1. The monoisotopic (exact) mass is 461 g/mol. The lowest BCUT2D eigenvalue weighted by Crippen LogP contribution is -2.20. The Morgan fingerprint density at radius 2 is 2.12 bits per heavy atom. The molecule has 3 aromatic heterocycles. The number of nitro benzene ring substituents is 1. The number of rotatable bonds is 6. The lowest BCUT2D eigenvalue weighted by molar-refractivity contribution is -0.384. The van der Waals surface area contributed by atoms with Crippen LogP contribution in [0.25, 0.3) is 22.5 Å². The minimum absolute atomic E-state index is 0.0210. The quantitative estimate of drug-likeness (QED) is 0.314. The van der Waals surface area contributed by atoms with Crippen molar-refractivity contribution in [1.82, 2.24) is 14.8 Å². The normalized spacial score (nSPS) is 11.3. The second-order valence-electron chi connectivity index (χ2n) is 6.79. The van der Waals surface area contributed by atoms with Crippen molar-refractivity contribution in [3.63, 3.8) is 0 Å². The number of halogens is 3. The van der Waals surface area contributed by atoms with Crippen molar-refractivity contribution in [2.75, 3.05) is 5.32 Å². The lowest BCUT2D eigenvalue weighted by atomic mass is 10.1. The first-order valence-electron chi connectivity index (χ1n) is 9.18. The van der Waals surface area contributed by atoms with Gasteiger partial charge in [0.1, 0.15) is 12.2 Å². The molecule has 0 aliphatic heterocycles. The van der Waals surface area contributed by atoms with Crippen LogP contribution in [0.15, 0.2) is 47.1 Å². The van der Waals surface area contributed by atoms with E-state index in [4.69, 9.17) is 16.0 Å². The zero-order valence-electron chi connectivity index (χ0n) is 16.4. The SMILES string of the molecule is Cc1nn(CC(=O)Nc2ccc([N+](=O)[O-])cc2Cl)c2nc(-c3ccco3)cc(C(F)F)c12. The van der Waals surface area contributed by atoms with Gasteiger partial charge in [0.05, 0.1) is 33.0 Å². The van der Waals surface area contributed by atoms with Gasteiger partial charge < -0.3 is 9.73 Å². The van der Waals surface area contributed by atoms with Gasteiger partial charge in [-0.2, -0.15) is 5.10 Å². The van der Waals surface area contributed by atoms with Crippen molar-refractivity contribution in [2.24, 2.45) is 0 Å². The fourth-order valence-electron chi connectivity index (χ4n) is 3.26. The summed E-state index contributed by atoms with van der Waals surface area (Å²) in [5.74, 6) is -0.282. The number of carbonyl (C=O) groups is 1. The number of carbonyl (C=O) groups excluding carboxylic acids is 1. The number of nitrogens with one attached hydrogen (secondary N) is 1. The number of alkyl halides is 2. The van der Waals surface area contributed by atoms with Gasteiger partial charge in [-0.25, -0.2) is 18.4 Å². The Morgan fingerprint density at radius 3 is 2.75 bits per heavy atom. The van der Waals surface area contributed by atoms with Crippen molar-refractivity contribution in [3.05, 3.63) is 69.1 Å². The van der Waals surface area contributed by atoms with Gasteiger partial charge in [0.25, 0.3) is 12.1 Å². The van der Waals surface area contributed by atoms with Crippen molar-refractivity contribution in [3.8, 4) is 11.5 Å². The first-order valence-corrected chi connectivity index (χ1v) is 9.56. The maximum atomic E-state index is 13.8. The van der Waals surface area contributed by atoms with E-state index in [-0.39, 0.29) is 50.9 Å². The van der Waals surface area contributed by atoms with Gasteiger partial charge in [0.2, 0.25) is 5.91 Å². The number of furan rings is 1. The highest BCUT2D eigenvalue weighted by Gasteiger charge is 2.23. The molecule has 32 heavy (non-hydrogen) atoms. The highest BCUT2D eigenvalue weighted by Crippen LogP contribution is 2.33. The van der Waals surface area contributed by atoms with Crippen molar-refractivity contribution in [2.45, 2.75) is 19.9 Å². The van der Waals surface area contributed by atoms with Gasteiger partial charge in [-0.3, -0.25) is 14.9 Å². The molecule has 164 valence electrons. The molecule has 9 nitrogen and oxygen atoms in total. The van der Waals surface area contributed by atoms with Crippen LogP contribution >= 0.6 is 11.6 Å². The molecule has 0 saturated heterocycles. The summed E-state index contributed by atoms with van der Waals surface area (Å²) in [6.45, 7) is 1.19. The summed E-state index contributed by atoms with van der Waals surface area (Å²) in [5, 5.41) is 17.7. The molecule has 4 aromatic rings. The Kier molecular flexibility index (Phi) is 5.57. The third-order valence-electron chi connectivity index (χ3n) is 4.65. The molecule has 4 rings (SSSR count). The Morgan fingerprint density at radius 1 is 1.34 bits per heavy atom. The first kappa shape index (κ1) is 21.4. The smallest absolute Gasteiger partial charge is 0.271 e. The van der Waals surface area contributed by atoms with E-state index in [0.717, 1.165) is 6.07 Å². The number of anilines is 1. The Balaban J connectivity index is 1.69. The molecular weight excluding hydrogens is 448 g/mol. The predicted molar refractivity (Wildman–Crippen MR) is 112 cm³/mol. The number of pyridine rings is 1. The Labute approximate surface area is 183 Å². The Bertz CT molecular complexity index is 1340. The minimum Gasteiger partial charge on any atom is -0.463 e. The fraction of sp³-hybridized carbons (Fsp3) is 0.150. The van der Waals surface area contributed by atoms with Crippen LogP contribution in [0.4, 0.5) is 20.2 Å².